The molecule has 2 N–H and O–H groups in total. The van der Waals surface area contributed by atoms with Crippen molar-refractivity contribution >= 4 is 34.0 Å². The van der Waals surface area contributed by atoms with Crippen molar-refractivity contribution in [2.75, 3.05) is 45.2 Å². The fourth-order valence-electron chi connectivity index (χ4n) is 4.46. The summed E-state index contributed by atoms with van der Waals surface area (Å²) in [5, 5.41) is 11.4. The largest absolute Gasteiger partial charge is 0.494 e. The monoisotopic (exact) mass is 485 g/mol. The number of piperazine rings is 1. The third-order valence-corrected chi connectivity index (χ3v) is 6.56. The highest BCUT2D eigenvalue weighted by Crippen LogP contribution is 2.32. The molecular weight excluding hydrogens is 457 g/mol. The van der Waals surface area contributed by atoms with Crippen LogP contribution in [0, 0.1) is 5.82 Å². The Kier molecular flexibility index (Phi) is 6.43. The number of urea groups is 1. The van der Waals surface area contributed by atoms with Gasteiger partial charge < -0.3 is 19.9 Å². The van der Waals surface area contributed by atoms with Crippen molar-refractivity contribution in [2.24, 2.45) is 4.99 Å². The first-order valence-electron chi connectivity index (χ1n) is 11.9. The van der Waals surface area contributed by atoms with E-state index in [1.165, 1.54) is 12.1 Å². The van der Waals surface area contributed by atoms with Crippen molar-refractivity contribution in [1.82, 2.24) is 14.8 Å². The van der Waals surface area contributed by atoms with Crippen molar-refractivity contribution in [3.63, 3.8) is 0 Å². The lowest BCUT2D eigenvalue weighted by atomic mass is 10.0. The number of carbonyl (C=O) groups excluding carboxylic acids is 1. The van der Waals surface area contributed by atoms with Gasteiger partial charge in [0.15, 0.2) is 5.88 Å². The van der Waals surface area contributed by atoms with E-state index in [4.69, 9.17) is 4.99 Å². The fourth-order valence-corrected chi connectivity index (χ4v) is 4.46. The van der Waals surface area contributed by atoms with Crippen LogP contribution < -0.4 is 4.90 Å². The van der Waals surface area contributed by atoms with Crippen molar-refractivity contribution < 1.29 is 14.3 Å². The van der Waals surface area contributed by atoms with Gasteiger partial charge >= 0.3 is 6.03 Å². The molecule has 1 fully saturated rings. The highest BCUT2D eigenvalue weighted by molar-refractivity contribution is 6.21. The Morgan fingerprint density at radius 1 is 1.00 bits per heavy atom. The summed E-state index contributed by atoms with van der Waals surface area (Å²) in [5.41, 5.74) is 3.79. The number of amides is 2. The van der Waals surface area contributed by atoms with Gasteiger partial charge in [-0.2, -0.15) is 0 Å². The van der Waals surface area contributed by atoms with Crippen molar-refractivity contribution in [3.05, 3.63) is 89.7 Å². The first kappa shape index (κ1) is 23.6. The second kappa shape index (κ2) is 9.83. The lowest BCUT2D eigenvalue weighted by Gasteiger charge is -2.35. The predicted molar refractivity (Wildman–Crippen MR) is 141 cm³/mol. The molecule has 1 saturated heterocycles. The molecule has 1 aliphatic heterocycles. The molecule has 0 aliphatic carbocycles. The average Bonchev–Trinajstić information content (AvgIpc) is 3.22. The summed E-state index contributed by atoms with van der Waals surface area (Å²) >= 11 is 0. The maximum Gasteiger partial charge on any atom is 0.324 e. The van der Waals surface area contributed by atoms with Crippen LogP contribution in [0.4, 0.5) is 20.6 Å². The van der Waals surface area contributed by atoms with E-state index >= 15 is 0 Å². The molecule has 7 nitrogen and oxygen atoms in total. The SMILES string of the molecule is CN1CCN(C(=O)N(C)c2ccc(N=C(c3ccccc3)c3c(O)[nH]c4cc(F)ccc34)cc2)CC1. The summed E-state index contributed by atoms with van der Waals surface area (Å²) in [6.07, 6.45) is 0. The number of hydrogen-bond acceptors (Lipinski definition) is 4. The van der Waals surface area contributed by atoms with Crippen LogP contribution in [0.5, 0.6) is 5.88 Å². The van der Waals surface area contributed by atoms with Gasteiger partial charge in [-0.25, -0.2) is 14.2 Å². The van der Waals surface area contributed by atoms with Gasteiger partial charge in [0.1, 0.15) is 5.82 Å². The van der Waals surface area contributed by atoms with Gasteiger partial charge in [-0.05, 0) is 49.5 Å². The number of anilines is 1. The molecule has 0 unspecified atom stereocenters. The van der Waals surface area contributed by atoms with Gasteiger partial charge in [0.2, 0.25) is 0 Å². The van der Waals surface area contributed by atoms with Crippen LogP contribution >= 0.6 is 0 Å². The highest BCUT2D eigenvalue weighted by atomic mass is 19.1. The van der Waals surface area contributed by atoms with Crippen molar-refractivity contribution in [3.8, 4) is 5.88 Å². The molecule has 1 aliphatic rings. The van der Waals surface area contributed by atoms with E-state index in [0.29, 0.717) is 41.0 Å². The Balaban J connectivity index is 1.48. The lowest BCUT2D eigenvalue weighted by molar-refractivity contribution is 0.160. The van der Waals surface area contributed by atoms with E-state index in [1.54, 1.807) is 18.0 Å². The van der Waals surface area contributed by atoms with E-state index in [0.717, 1.165) is 24.3 Å². The number of aromatic amines is 1. The molecule has 2 amide bonds. The van der Waals surface area contributed by atoms with Crippen molar-refractivity contribution in [2.45, 2.75) is 0 Å². The van der Waals surface area contributed by atoms with E-state index in [2.05, 4.69) is 16.9 Å². The number of H-pyrrole nitrogens is 1. The van der Waals surface area contributed by atoms with E-state index in [-0.39, 0.29) is 17.7 Å². The summed E-state index contributed by atoms with van der Waals surface area (Å²) in [6, 6.07) is 21.3. The van der Waals surface area contributed by atoms with E-state index in [9.17, 15) is 14.3 Å². The number of likely N-dealkylation sites (N-methyl/N-ethyl adjacent to an activating group) is 1. The number of nitrogens with one attached hydrogen (secondary N) is 1. The molecule has 0 radical (unpaired) electrons. The molecule has 1 aromatic heterocycles. The summed E-state index contributed by atoms with van der Waals surface area (Å²) in [7, 11) is 3.83. The van der Waals surface area contributed by atoms with Gasteiger partial charge in [-0.3, -0.25) is 4.90 Å². The molecule has 0 saturated carbocycles. The summed E-state index contributed by atoms with van der Waals surface area (Å²) in [5.74, 6) is -0.466. The molecule has 5 rings (SSSR count). The molecule has 3 aromatic carbocycles. The van der Waals surface area contributed by atoms with Gasteiger partial charge in [-0.1, -0.05) is 30.3 Å². The van der Waals surface area contributed by atoms with Crippen LogP contribution in [0.3, 0.4) is 0 Å². The predicted octanol–water partition coefficient (Wildman–Crippen LogP) is 4.99. The zero-order valence-electron chi connectivity index (χ0n) is 20.3. The second-order valence-electron chi connectivity index (χ2n) is 9.01. The first-order valence-corrected chi connectivity index (χ1v) is 11.9. The van der Waals surface area contributed by atoms with Crippen LogP contribution in [0.25, 0.3) is 10.9 Å². The average molecular weight is 486 g/mol. The van der Waals surface area contributed by atoms with Crippen LogP contribution in [0.15, 0.2) is 77.8 Å². The lowest BCUT2D eigenvalue weighted by Crippen LogP contribution is -2.51. The molecule has 0 bridgehead atoms. The third kappa shape index (κ3) is 4.67. The minimum Gasteiger partial charge on any atom is -0.494 e. The molecular formula is C28H28FN5O2. The Morgan fingerprint density at radius 3 is 2.39 bits per heavy atom. The normalized spacial score (nSPS) is 14.9. The Hall–Kier alpha value is -4.17. The summed E-state index contributed by atoms with van der Waals surface area (Å²) in [6.45, 7) is 3.15. The standard InChI is InChI=1S/C28H28FN5O2/c1-32-14-16-34(17-15-32)28(36)33(2)22-11-9-21(10-12-22)30-26(19-6-4-3-5-7-19)25-23-13-8-20(29)18-24(23)31-27(25)35/h3-13,18,31,35H,14-17H2,1-2H3. The molecule has 2 heterocycles. The zero-order valence-corrected chi connectivity index (χ0v) is 20.3. The Bertz CT molecular complexity index is 1410. The number of aromatic nitrogens is 1. The van der Waals surface area contributed by atoms with Gasteiger partial charge in [0.05, 0.1) is 22.5 Å². The molecule has 184 valence electrons. The summed E-state index contributed by atoms with van der Waals surface area (Å²) in [4.78, 5) is 26.4. The summed E-state index contributed by atoms with van der Waals surface area (Å²) < 4.78 is 13.8. The number of aliphatic imine (C=N–C) groups is 1. The third-order valence-electron chi connectivity index (χ3n) is 6.56. The van der Waals surface area contributed by atoms with E-state index < -0.39 is 0 Å². The first-order chi connectivity index (χ1) is 17.4. The second-order valence-corrected chi connectivity index (χ2v) is 9.01. The number of nitrogens with zero attached hydrogens (tertiary/aromatic N) is 4. The van der Waals surface area contributed by atoms with Crippen LogP contribution in [-0.4, -0.2) is 71.9 Å². The quantitative estimate of drug-likeness (QED) is 0.400. The number of fused-ring (bicyclic) bond motifs is 1. The molecule has 0 spiro atoms. The van der Waals surface area contributed by atoms with Crippen LogP contribution in [0.1, 0.15) is 11.1 Å². The van der Waals surface area contributed by atoms with Crippen LogP contribution in [0.2, 0.25) is 0 Å². The van der Waals surface area contributed by atoms with Crippen LogP contribution in [-0.2, 0) is 0 Å². The molecule has 36 heavy (non-hydrogen) atoms. The van der Waals surface area contributed by atoms with Gasteiger partial charge in [0.25, 0.3) is 0 Å². The smallest absolute Gasteiger partial charge is 0.324 e. The number of benzene rings is 3. The van der Waals surface area contributed by atoms with Gasteiger partial charge in [-0.15, -0.1) is 0 Å². The number of hydrogen-bond donors (Lipinski definition) is 2. The number of carbonyl (C=O) groups is 1. The number of halogens is 1. The Labute approximate surface area is 209 Å². The number of aromatic hydroxyl groups is 1. The molecule has 0 atom stereocenters. The maximum absolute atomic E-state index is 13.8. The molecule has 8 heteroatoms. The maximum atomic E-state index is 13.8. The highest BCUT2D eigenvalue weighted by Gasteiger charge is 2.23. The Morgan fingerprint density at radius 2 is 1.69 bits per heavy atom. The minimum absolute atomic E-state index is 0.0275. The van der Waals surface area contributed by atoms with Gasteiger partial charge in [0, 0.05) is 49.9 Å². The zero-order chi connectivity index (χ0) is 25.2. The molecule has 4 aromatic rings. The fraction of sp³-hybridized carbons (Fsp3) is 0.214. The number of rotatable bonds is 4. The van der Waals surface area contributed by atoms with Crippen molar-refractivity contribution in [1.29, 1.82) is 0 Å². The van der Waals surface area contributed by atoms with E-state index in [1.807, 2.05) is 59.5 Å². The minimum atomic E-state index is -0.390. The topological polar surface area (TPSA) is 75.2 Å².